The number of carbonyl (C=O) groups excluding carboxylic acids is 2. The SMILES string of the molecule is COc1cc(C=NNC(=O)COc2ccc(Cl)cc2C)ccc1OC(=O)c1ccc(Br)cc1. The molecule has 9 heteroatoms. The van der Waals surface area contributed by atoms with Gasteiger partial charge in [-0.1, -0.05) is 27.5 Å². The molecule has 3 rings (SSSR count). The van der Waals surface area contributed by atoms with E-state index in [4.69, 9.17) is 25.8 Å². The van der Waals surface area contributed by atoms with Gasteiger partial charge < -0.3 is 14.2 Å². The molecule has 0 bridgehead atoms. The Morgan fingerprint density at radius 3 is 2.45 bits per heavy atom. The third kappa shape index (κ3) is 7.06. The van der Waals surface area contributed by atoms with Gasteiger partial charge in [0.1, 0.15) is 5.75 Å². The summed E-state index contributed by atoms with van der Waals surface area (Å²) in [4.78, 5) is 24.3. The van der Waals surface area contributed by atoms with Crippen LogP contribution in [0.4, 0.5) is 0 Å². The van der Waals surface area contributed by atoms with Crippen molar-refractivity contribution < 1.29 is 23.8 Å². The predicted molar refractivity (Wildman–Crippen MR) is 130 cm³/mol. The maximum atomic E-state index is 12.3. The van der Waals surface area contributed by atoms with Crippen molar-refractivity contribution in [1.29, 1.82) is 0 Å². The van der Waals surface area contributed by atoms with Crippen molar-refractivity contribution in [2.45, 2.75) is 6.92 Å². The van der Waals surface area contributed by atoms with Gasteiger partial charge in [0.15, 0.2) is 18.1 Å². The lowest BCUT2D eigenvalue weighted by molar-refractivity contribution is -0.123. The zero-order chi connectivity index (χ0) is 23.8. The van der Waals surface area contributed by atoms with E-state index in [0.29, 0.717) is 27.6 Å². The van der Waals surface area contributed by atoms with E-state index in [-0.39, 0.29) is 12.4 Å². The second-order valence-corrected chi connectivity index (χ2v) is 8.15. The van der Waals surface area contributed by atoms with Gasteiger partial charge in [0.2, 0.25) is 0 Å². The first-order valence-electron chi connectivity index (χ1n) is 9.72. The summed E-state index contributed by atoms with van der Waals surface area (Å²) in [6.07, 6.45) is 1.44. The van der Waals surface area contributed by atoms with Gasteiger partial charge in [0.05, 0.1) is 18.9 Å². The highest BCUT2D eigenvalue weighted by atomic mass is 79.9. The van der Waals surface area contributed by atoms with Crippen LogP contribution in [0.1, 0.15) is 21.5 Å². The number of methoxy groups -OCH3 is 1. The summed E-state index contributed by atoms with van der Waals surface area (Å²) in [5.41, 5.74) is 4.25. The number of carbonyl (C=O) groups is 2. The molecule has 0 saturated heterocycles. The van der Waals surface area contributed by atoms with Gasteiger partial charge >= 0.3 is 5.97 Å². The minimum absolute atomic E-state index is 0.200. The van der Waals surface area contributed by atoms with Crippen LogP contribution < -0.4 is 19.6 Å². The molecule has 0 aliphatic rings. The van der Waals surface area contributed by atoms with E-state index in [1.807, 2.05) is 6.92 Å². The van der Waals surface area contributed by atoms with Crippen LogP contribution in [-0.2, 0) is 4.79 Å². The summed E-state index contributed by atoms with van der Waals surface area (Å²) < 4.78 is 17.1. The Balaban J connectivity index is 1.56. The van der Waals surface area contributed by atoms with Crippen molar-refractivity contribution in [2.24, 2.45) is 5.10 Å². The van der Waals surface area contributed by atoms with Crippen molar-refractivity contribution in [1.82, 2.24) is 5.43 Å². The molecule has 0 atom stereocenters. The number of benzene rings is 3. The van der Waals surface area contributed by atoms with Crippen LogP contribution in [0.15, 0.2) is 70.2 Å². The molecule has 0 radical (unpaired) electrons. The van der Waals surface area contributed by atoms with Crippen LogP contribution in [-0.4, -0.2) is 31.8 Å². The van der Waals surface area contributed by atoms with E-state index in [1.165, 1.54) is 13.3 Å². The number of aryl methyl sites for hydroxylation is 1. The molecule has 0 fully saturated rings. The Morgan fingerprint density at radius 2 is 1.76 bits per heavy atom. The first-order chi connectivity index (χ1) is 15.9. The minimum atomic E-state index is -0.509. The normalized spacial score (nSPS) is 10.7. The van der Waals surface area contributed by atoms with Gasteiger partial charge in [-0.05, 0) is 78.7 Å². The number of nitrogens with one attached hydrogen (secondary N) is 1. The fourth-order valence-corrected chi connectivity index (χ4v) is 3.21. The van der Waals surface area contributed by atoms with Crippen molar-refractivity contribution >= 4 is 45.6 Å². The Kier molecular flexibility index (Phi) is 8.46. The summed E-state index contributed by atoms with van der Waals surface area (Å²) in [5, 5.41) is 4.51. The van der Waals surface area contributed by atoms with Crippen LogP contribution in [0.5, 0.6) is 17.2 Å². The Labute approximate surface area is 204 Å². The smallest absolute Gasteiger partial charge is 0.343 e. The largest absolute Gasteiger partial charge is 0.493 e. The lowest BCUT2D eigenvalue weighted by Crippen LogP contribution is -2.24. The minimum Gasteiger partial charge on any atom is -0.493 e. The van der Waals surface area contributed by atoms with Crippen LogP contribution in [0.25, 0.3) is 0 Å². The standard InChI is InChI=1S/C24H20BrClN2O5/c1-15-11-19(26)8-10-20(15)32-14-23(29)28-27-13-16-3-9-21(22(12-16)31-2)33-24(30)17-4-6-18(25)7-5-17/h3-13H,14H2,1-2H3,(H,28,29). The molecule has 0 aliphatic heterocycles. The number of hydrazone groups is 1. The topological polar surface area (TPSA) is 86.2 Å². The quantitative estimate of drug-likeness (QED) is 0.188. The van der Waals surface area contributed by atoms with Gasteiger partial charge in [-0.3, -0.25) is 4.79 Å². The van der Waals surface area contributed by atoms with Crippen molar-refractivity contribution in [3.8, 4) is 17.2 Å². The molecule has 0 unspecified atom stereocenters. The molecule has 1 amide bonds. The van der Waals surface area contributed by atoms with E-state index < -0.39 is 11.9 Å². The van der Waals surface area contributed by atoms with Gasteiger partial charge in [-0.2, -0.15) is 5.10 Å². The highest BCUT2D eigenvalue weighted by molar-refractivity contribution is 9.10. The van der Waals surface area contributed by atoms with Crippen molar-refractivity contribution in [3.05, 3.63) is 86.8 Å². The first-order valence-corrected chi connectivity index (χ1v) is 10.9. The zero-order valence-corrected chi connectivity index (χ0v) is 20.1. The molecule has 0 aromatic heterocycles. The number of amides is 1. The maximum absolute atomic E-state index is 12.3. The summed E-state index contributed by atoms with van der Waals surface area (Å²) >= 11 is 9.23. The van der Waals surface area contributed by atoms with E-state index >= 15 is 0 Å². The Hall–Kier alpha value is -3.36. The van der Waals surface area contributed by atoms with Crippen molar-refractivity contribution in [2.75, 3.05) is 13.7 Å². The lowest BCUT2D eigenvalue weighted by Gasteiger charge is -2.10. The Bertz CT molecular complexity index is 1180. The summed E-state index contributed by atoms with van der Waals surface area (Å²) in [6.45, 7) is 1.64. The third-order valence-electron chi connectivity index (χ3n) is 4.37. The average Bonchev–Trinajstić information content (AvgIpc) is 2.79. The molecule has 3 aromatic carbocycles. The molecule has 3 aromatic rings. The summed E-state index contributed by atoms with van der Waals surface area (Å²) in [7, 11) is 1.46. The van der Waals surface area contributed by atoms with E-state index in [1.54, 1.807) is 60.7 Å². The highest BCUT2D eigenvalue weighted by Gasteiger charge is 2.13. The van der Waals surface area contributed by atoms with Crippen LogP contribution in [0.2, 0.25) is 5.02 Å². The fraction of sp³-hybridized carbons (Fsp3) is 0.125. The highest BCUT2D eigenvalue weighted by Crippen LogP contribution is 2.28. The monoisotopic (exact) mass is 530 g/mol. The van der Waals surface area contributed by atoms with Crippen LogP contribution in [0, 0.1) is 6.92 Å². The van der Waals surface area contributed by atoms with Gasteiger partial charge in [0, 0.05) is 9.50 Å². The molecular weight excluding hydrogens is 512 g/mol. The van der Waals surface area contributed by atoms with Gasteiger partial charge in [-0.25, -0.2) is 10.2 Å². The Morgan fingerprint density at radius 1 is 1.03 bits per heavy atom. The van der Waals surface area contributed by atoms with Crippen LogP contribution in [0.3, 0.4) is 0 Å². The molecule has 0 saturated carbocycles. The van der Waals surface area contributed by atoms with E-state index in [0.717, 1.165) is 10.0 Å². The summed E-state index contributed by atoms with van der Waals surface area (Å²) in [6, 6.07) is 16.8. The molecule has 170 valence electrons. The third-order valence-corrected chi connectivity index (χ3v) is 5.13. The predicted octanol–water partition coefficient (Wildman–Crippen LogP) is 5.17. The molecular formula is C24H20BrClN2O5. The van der Waals surface area contributed by atoms with Crippen LogP contribution >= 0.6 is 27.5 Å². The second-order valence-electron chi connectivity index (χ2n) is 6.80. The van der Waals surface area contributed by atoms with Crippen molar-refractivity contribution in [3.63, 3.8) is 0 Å². The summed E-state index contributed by atoms with van der Waals surface area (Å²) in [5.74, 6) is 0.241. The number of hydrogen-bond donors (Lipinski definition) is 1. The number of rotatable bonds is 8. The second kappa shape index (κ2) is 11.5. The molecule has 33 heavy (non-hydrogen) atoms. The molecule has 0 heterocycles. The molecule has 0 spiro atoms. The molecule has 1 N–H and O–H groups in total. The number of ether oxygens (including phenoxy) is 3. The average molecular weight is 532 g/mol. The number of hydrogen-bond acceptors (Lipinski definition) is 6. The van der Waals surface area contributed by atoms with E-state index in [9.17, 15) is 9.59 Å². The fourth-order valence-electron chi connectivity index (χ4n) is 2.72. The molecule has 7 nitrogen and oxygen atoms in total. The lowest BCUT2D eigenvalue weighted by atomic mass is 10.2. The first kappa shape index (κ1) is 24.3. The number of halogens is 2. The number of nitrogens with zero attached hydrogens (tertiary/aromatic N) is 1. The van der Waals surface area contributed by atoms with E-state index in [2.05, 4.69) is 26.5 Å². The number of esters is 1. The molecule has 0 aliphatic carbocycles. The van der Waals surface area contributed by atoms with Gasteiger partial charge in [-0.15, -0.1) is 0 Å². The maximum Gasteiger partial charge on any atom is 0.343 e. The van der Waals surface area contributed by atoms with Gasteiger partial charge in [0.25, 0.3) is 5.91 Å². The zero-order valence-electron chi connectivity index (χ0n) is 17.8.